The van der Waals surface area contributed by atoms with Gasteiger partial charge in [-0.15, -0.1) is 0 Å². The number of hydrogen-bond acceptors (Lipinski definition) is 6. The van der Waals surface area contributed by atoms with E-state index in [1.807, 2.05) is 42.3 Å². The third-order valence-corrected chi connectivity index (χ3v) is 5.47. The second-order valence-electron chi connectivity index (χ2n) is 7.94. The smallest absolute Gasteiger partial charge is 0.255 e. The van der Waals surface area contributed by atoms with Crippen molar-refractivity contribution in [2.45, 2.75) is 19.5 Å². The van der Waals surface area contributed by atoms with Crippen LogP contribution in [-0.4, -0.2) is 58.0 Å². The number of carbonyl (C=O) groups is 2. The van der Waals surface area contributed by atoms with E-state index in [0.29, 0.717) is 17.9 Å². The van der Waals surface area contributed by atoms with Crippen LogP contribution in [0.1, 0.15) is 27.7 Å². The van der Waals surface area contributed by atoms with Gasteiger partial charge in [-0.05, 0) is 25.6 Å². The zero-order valence-electron chi connectivity index (χ0n) is 18.0. The molecular formula is C23H25N5O4. The minimum Gasteiger partial charge on any atom is -0.360 e. The summed E-state index contributed by atoms with van der Waals surface area (Å²) in [6.07, 6.45) is 1.44. The third kappa shape index (κ3) is 4.78. The maximum absolute atomic E-state index is 13.4. The summed E-state index contributed by atoms with van der Waals surface area (Å²) < 4.78 is 6.15. The summed E-state index contributed by atoms with van der Waals surface area (Å²) in [5.74, 6) is 0.223. The number of carbonyl (C=O) groups excluding carboxylic acids is 2. The first-order valence-electron chi connectivity index (χ1n) is 10.4. The van der Waals surface area contributed by atoms with Gasteiger partial charge in [-0.2, -0.15) is 0 Å². The molecule has 1 N–H and O–H groups in total. The Bertz CT molecular complexity index is 1170. The molecule has 0 spiro atoms. The Kier molecular flexibility index (Phi) is 6.18. The molecule has 1 atom stereocenters. The van der Waals surface area contributed by atoms with Crippen molar-refractivity contribution in [1.29, 1.82) is 0 Å². The molecule has 9 nitrogen and oxygen atoms in total. The summed E-state index contributed by atoms with van der Waals surface area (Å²) in [5, 5.41) is 6.29. The van der Waals surface area contributed by atoms with Crippen molar-refractivity contribution in [3.05, 3.63) is 82.0 Å². The summed E-state index contributed by atoms with van der Waals surface area (Å²) in [6.45, 7) is 3.52. The molecule has 0 aliphatic carbocycles. The van der Waals surface area contributed by atoms with Crippen molar-refractivity contribution in [2.24, 2.45) is 0 Å². The number of benzene rings is 1. The van der Waals surface area contributed by atoms with Gasteiger partial charge in [-0.3, -0.25) is 14.4 Å². The van der Waals surface area contributed by atoms with Crippen molar-refractivity contribution in [1.82, 2.24) is 19.5 Å². The highest BCUT2D eigenvalue weighted by Crippen LogP contribution is 2.26. The molecule has 1 aliphatic rings. The Morgan fingerprint density at radius 1 is 1.16 bits per heavy atom. The molecule has 3 heterocycles. The number of rotatable bonds is 5. The highest BCUT2D eigenvalue weighted by Gasteiger charge is 2.31. The number of anilines is 1. The van der Waals surface area contributed by atoms with Crippen LogP contribution < -0.4 is 10.9 Å². The SMILES string of the molecule is Cc1cc(NC(=O)Cn2cc(C(=O)N3CCN(C)C[C@H]3c3ccccc3)ccc2=O)no1. The molecule has 1 aliphatic heterocycles. The van der Waals surface area contributed by atoms with Gasteiger partial charge in [0.15, 0.2) is 5.82 Å². The van der Waals surface area contributed by atoms with Crippen molar-refractivity contribution in [3.8, 4) is 0 Å². The fourth-order valence-electron chi connectivity index (χ4n) is 3.83. The number of hydrogen-bond donors (Lipinski definition) is 1. The number of pyridine rings is 1. The first-order chi connectivity index (χ1) is 15.4. The molecule has 0 saturated carbocycles. The zero-order valence-corrected chi connectivity index (χ0v) is 18.0. The molecule has 9 heteroatoms. The van der Waals surface area contributed by atoms with E-state index in [4.69, 9.17) is 4.52 Å². The van der Waals surface area contributed by atoms with Crippen LogP contribution in [0.3, 0.4) is 0 Å². The molecule has 32 heavy (non-hydrogen) atoms. The summed E-state index contributed by atoms with van der Waals surface area (Å²) in [6, 6.07) is 14.2. The van der Waals surface area contributed by atoms with E-state index in [-0.39, 0.29) is 29.9 Å². The van der Waals surface area contributed by atoms with Gasteiger partial charge >= 0.3 is 0 Å². The maximum atomic E-state index is 13.4. The van der Waals surface area contributed by atoms with Crippen LogP contribution in [-0.2, 0) is 11.3 Å². The first-order valence-corrected chi connectivity index (χ1v) is 10.4. The third-order valence-electron chi connectivity index (χ3n) is 5.47. The lowest BCUT2D eigenvalue weighted by atomic mass is 10.0. The van der Waals surface area contributed by atoms with Gasteiger partial charge in [-0.1, -0.05) is 35.5 Å². The molecule has 0 unspecified atom stereocenters. The number of nitrogens with zero attached hydrogens (tertiary/aromatic N) is 4. The summed E-state index contributed by atoms with van der Waals surface area (Å²) >= 11 is 0. The average Bonchev–Trinajstić information content (AvgIpc) is 3.19. The predicted octanol–water partition coefficient (Wildman–Crippen LogP) is 1.91. The van der Waals surface area contributed by atoms with E-state index < -0.39 is 5.91 Å². The molecule has 1 aromatic carbocycles. The summed E-state index contributed by atoms with van der Waals surface area (Å²) in [7, 11) is 2.03. The fraction of sp³-hybridized carbons (Fsp3) is 0.304. The Balaban J connectivity index is 1.54. The van der Waals surface area contributed by atoms with Crippen molar-refractivity contribution in [3.63, 3.8) is 0 Å². The second kappa shape index (κ2) is 9.19. The van der Waals surface area contributed by atoms with Gasteiger partial charge in [0.2, 0.25) is 5.91 Å². The standard InChI is InChI=1S/C23H25N5O4/c1-16-12-20(25-32-16)24-21(29)15-27-13-18(8-9-22(27)30)23(31)28-11-10-26(2)14-19(28)17-6-4-3-5-7-17/h3-9,12-13,19H,10-11,14-15H2,1-2H3,(H,24,25,29)/t19-/m0/s1. The number of nitrogens with one attached hydrogen (secondary N) is 1. The van der Waals surface area contributed by atoms with Crippen LogP contribution in [0.15, 0.2) is 64.0 Å². The monoisotopic (exact) mass is 435 g/mol. The molecule has 2 aromatic heterocycles. The normalized spacial score (nSPS) is 16.7. The van der Waals surface area contributed by atoms with Crippen LogP contribution in [0.4, 0.5) is 5.82 Å². The molecule has 166 valence electrons. The van der Waals surface area contributed by atoms with E-state index in [2.05, 4.69) is 15.4 Å². The lowest BCUT2D eigenvalue weighted by Gasteiger charge is -2.40. The Hall–Kier alpha value is -3.72. The highest BCUT2D eigenvalue weighted by atomic mass is 16.5. The van der Waals surface area contributed by atoms with Crippen molar-refractivity contribution < 1.29 is 14.1 Å². The van der Waals surface area contributed by atoms with Gasteiger partial charge in [0.25, 0.3) is 11.5 Å². The first kappa shape index (κ1) is 21.5. The Morgan fingerprint density at radius 2 is 1.94 bits per heavy atom. The molecule has 4 rings (SSSR count). The van der Waals surface area contributed by atoms with E-state index in [0.717, 1.165) is 18.7 Å². The second-order valence-corrected chi connectivity index (χ2v) is 7.94. The van der Waals surface area contributed by atoms with Gasteiger partial charge in [0.05, 0.1) is 11.6 Å². The molecule has 1 saturated heterocycles. The molecule has 3 aromatic rings. The van der Waals surface area contributed by atoms with Gasteiger partial charge in [0.1, 0.15) is 12.3 Å². The van der Waals surface area contributed by atoms with Crippen LogP contribution in [0.2, 0.25) is 0 Å². The van der Waals surface area contributed by atoms with Gasteiger partial charge in [0, 0.05) is 38.0 Å². The lowest BCUT2D eigenvalue weighted by Crippen LogP contribution is -2.49. The minimum atomic E-state index is -0.438. The van der Waals surface area contributed by atoms with E-state index in [9.17, 15) is 14.4 Å². The fourth-order valence-corrected chi connectivity index (χ4v) is 3.83. The van der Waals surface area contributed by atoms with Gasteiger partial charge in [-0.25, -0.2) is 0 Å². The van der Waals surface area contributed by atoms with Gasteiger partial charge < -0.3 is 24.2 Å². The topological polar surface area (TPSA) is 101 Å². The van der Waals surface area contributed by atoms with E-state index in [1.54, 1.807) is 13.0 Å². The zero-order chi connectivity index (χ0) is 22.7. The van der Waals surface area contributed by atoms with Crippen molar-refractivity contribution in [2.75, 3.05) is 32.0 Å². The van der Waals surface area contributed by atoms with Crippen LogP contribution in [0.25, 0.3) is 0 Å². The summed E-state index contributed by atoms with van der Waals surface area (Å²) in [4.78, 5) is 42.1. The Morgan fingerprint density at radius 3 is 2.66 bits per heavy atom. The van der Waals surface area contributed by atoms with Crippen LogP contribution in [0.5, 0.6) is 0 Å². The molecule has 0 radical (unpaired) electrons. The largest absolute Gasteiger partial charge is 0.360 e. The average molecular weight is 435 g/mol. The molecular weight excluding hydrogens is 410 g/mol. The Labute approximate surface area is 185 Å². The number of amides is 2. The molecule has 1 fully saturated rings. The van der Waals surface area contributed by atoms with Crippen LogP contribution in [0, 0.1) is 6.92 Å². The quantitative estimate of drug-likeness (QED) is 0.657. The molecule has 0 bridgehead atoms. The molecule has 2 amide bonds. The van der Waals surface area contributed by atoms with Crippen molar-refractivity contribution >= 4 is 17.6 Å². The number of aryl methyl sites for hydroxylation is 1. The van der Waals surface area contributed by atoms with E-state index >= 15 is 0 Å². The number of piperazine rings is 1. The minimum absolute atomic E-state index is 0.0958. The predicted molar refractivity (Wildman–Crippen MR) is 118 cm³/mol. The number of aromatic nitrogens is 2. The maximum Gasteiger partial charge on any atom is 0.255 e. The highest BCUT2D eigenvalue weighted by molar-refractivity contribution is 5.94. The number of likely N-dealkylation sites (N-methyl/N-ethyl adjacent to an activating group) is 1. The summed E-state index contributed by atoms with van der Waals surface area (Å²) in [5.41, 5.74) is 1.05. The van der Waals surface area contributed by atoms with E-state index in [1.165, 1.54) is 22.9 Å². The lowest BCUT2D eigenvalue weighted by molar-refractivity contribution is -0.116. The van der Waals surface area contributed by atoms with Crippen LogP contribution >= 0.6 is 0 Å².